The fourth-order valence-corrected chi connectivity index (χ4v) is 1.84. The molecule has 0 aliphatic heterocycles. The van der Waals surface area contributed by atoms with Gasteiger partial charge in [0.05, 0.1) is 23.9 Å². The molecule has 0 spiro atoms. The zero-order chi connectivity index (χ0) is 15.2. The van der Waals surface area contributed by atoms with Gasteiger partial charge in [-0.25, -0.2) is 0 Å². The molecule has 0 fully saturated rings. The molecule has 0 aliphatic rings. The molecule has 21 heavy (non-hydrogen) atoms. The number of anilines is 1. The van der Waals surface area contributed by atoms with Gasteiger partial charge in [-0.05, 0) is 31.2 Å². The van der Waals surface area contributed by atoms with Crippen LogP contribution in [0, 0.1) is 18.3 Å². The van der Waals surface area contributed by atoms with Crippen LogP contribution in [-0.2, 0) is 4.74 Å². The van der Waals surface area contributed by atoms with E-state index in [1.165, 1.54) is 4.90 Å². The fraction of sp³-hybridized carbons (Fsp3) is 0.267. The van der Waals surface area contributed by atoms with Gasteiger partial charge in [0, 0.05) is 25.4 Å². The normalized spacial score (nSPS) is 10.1. The summed E-state index contributed by atoms with van der Waals surface area (Å²) in [7, 11) is 1.57. The van der Waals surface area contributed by atoms with E-state index in [1.807, 2.05) is 6.07 Å². The summed E-state index contributed by atoms with van der Waals surface area (Å²) in [6.07, 6.45) is 0. The summed E-state index contributed by atoms with van der Waals surface area (Å²) in [6.45, 7) is 2.52. The number of nitriles is 1. The van der Waals surface area contributed by atoms with Crippen molar-refractivity contribution in [3.8, 4) is 6.07 Å². The van der Waals surface area contributed by atoms with Crippen LogP contribution in [0.2, 0.25) is 0 Å². The molecule has 0 N–H and O–H groups in total. The Balaban J connectivity index is 2.28. The zero-order valence-corrected chi connectivity index (χ0v) is 11.9. The standard InChI is InChI=1S/C15H15N3O3/c1-11-9-14(21-17-11)15(19)18(7-8-20-2)13-5-3-12(10-16)4-6-13/h3-6,9H,7-8H2,1-2H3. The van der Waals surface area contributed by atoms with E-state index in [2.05, 4.69) is 5.16 Å². The topological polar surface area (TPSA) is 79.4 Å². The Hall–Kier alpha value is -2.65. The average molecular weight is 285 g/mol. The maximum absolute atomic E-state index is 12.5. The van der Waals surface area contributed by atoms with E-state index in [0.29, 0.717) is 30.1 Å². The Kier molecular flexibility index (Phi) is 4.69. The first kappa shape index (κ1) is 14.8. The third-order valence-corrected chi connectivity index (χ3v) is 2.91. The third kappa shape index (κ3) is 3.46. The molecule has 0 saturated carbocycles. The van der Waals surface area contributed by atoms with E-state index in [0.717, 1.165) is 0 Å². The molecule has 0 aliphatic carbocycles. The summed E-state index contributed by atoms with van der Waals surface area (Å²) < 4.78 is 10.1. The Labute approximate surface area is 122 Å². The predicted octanol–water partition coefficient (Wildman–Crippen LogP) is 2.15. The first-order valence-electron chi connectivity index (χ1n) is 6.40. The summed E-state index contributed by atoms with van der Waals surface area (Å²) in [5.41, 5.74) is 1.85. The van der Waals surface area contributed by atoms with E-state index >= 15 is 0 Å². The number of benzene rings is 1. The smallest absolute Gasteiger partial charge is 0.296 e. The summed E-state index contributed by atoms with van der Waals surface area (Å²) in [5, 5.41) is 12.5. The average Bonchev–Trinajstić information content (AvgIpc) is 2.94. The number of ether oxygens (including phenoxy) is 1. The second-order valence-electron chi connectivity index (χ2n) is 4.44. The second kappa shape index (κ2) is 6.68. The van der Waals surface area contributed by atoms with Crippen molar-refractivity contribution < 1.29 is 14.1 Å². The highest BCUT2D eigenvalue weighted by Gasteiger charge is 2.21. The van der Waals surface area contributed by atoms with Gasteiger partial charge in [-0.2, -0.15) is 5.26 Å². The van der Waals surface area contributed by atoms with Crippen LogP contribution < -0.4 is 4.90 Å². The molecule has 0 saturated heterocycles. The molecule has 2 rings (SSSR count). The summed E-state index contributed by atoms with van der Waals surface area (Å²) in [5.74, 6) is -0.120. The first-order chi connectivity index (χ1) is 10.2. The van der Waals surface area contributed by atoms with E-state index in [-0.39, 0.29) is 11.7 Å². The van der Waals surface area contributed by atoms with Crippen molar-refractivity contribution in [3.63, 3.8) is 0 Å². The molecule has 1 aromatic carbocycles. The molecule has 6 nitrogen and oxygen atoms in total. The molecular formula is C15H15N3O3. The molecule has 6 heteroatoms. The van der Waals surface area contributed by atoms with Crippen LogP contribution in [0.15, 0.2) is 34.9 Å². The summed E-state index contributed by atoms with van der Waals surface area (Å²) in [4.78, 5) is 14.0. The highest BCUT2D eigenvalue weighted by atomic mass is 16.5. The van der Waals surface area contributed by atoms with Crippen molar-refractivity contribution in [1.82, 2.24) is 5.16 Å². The van der Waals surface area contributed by atoms with Crippen LogP contribution in [0.1, 0.15) is 21.8 Å². The molecule has 0 atom stereocenters. The van der Waals surface area contributed by atoms with Gasteiger partial charge >= 0.3 is 0 Å². The Morgan fingerprint density at radius 2 is 2.14 bits per heavy atom. The number of methoxy groups -OCH3 is 1. The predicted molar refractivity (Wildman–Crippen MR) is 75.9 cm³/mol. The molecular weight excluding hydrogens is 270 g/mol. The van der Waals surface area contributed by atoms with Gasteiger partial charge in [0.15, 0.2) is 0 Å². The minimum atomic E-state index is -0.294. The minimum Gasteiger partial charge on any atom is -0.383 e. The molecule has 1 heterocycles. The number of rotatable bonds is 5. The van der Waals surface area contributed by atoms with Crippen LogP contribution in [0.4, 0.5) is 5.69 Å². The lowest BCUT2D eigenvalue weighted by Gasteiger charge is -2.21. The zero-order valence-electron chi connectivity index (χ0n) is 11.9. The number of nitrogens with zero attached hydrogens (tertiary/aromatic N) is 3. The maximum atomic E-state index is 12.5. The number of carbonyl (C=O) groups is 1. The Morgan fingerprint density at radius 1 is 1.43 bits per heavy atom. The minimum absolute atomic E-state index is 0.174. The van der Waals surface area contributed by atoms with Crippen molar-refractivity contribution >= 4 is 11.6 Å². The van der Waals surface area contributed by atoms with Gasteiger partial charge in [-0.3, -0.25) is 4.79 Å². The highest BCUT2D eigenvalue weighted by molar-refractivity contribution is 6.04. The first-order valence-corrected chi connectivity index (χ1v) is 6.40. The van der Waals surface area contributed by atoms with E-state index < -0.39 is 0 Å². The summed E-state index contributed by atoms with van der Waals surface area (Å²) >= 11 is 0. The molecule has 1 amide bonds. The molecule has 0 unspecified atom stereocenters. The molecule has 2 aromatic rings. The lowest BCUT2D eigenvalue weighted by molar-refractivity contribution is 0.0940. The van der Waals surface area contributed by atoms with Crippen molar-refractivity contribution in [2.45, 2.75) is 6.92 Å². The summed E-state index contributed by atoms with van der Waals surface area (Å²) in [6, 6.07) is 10.4. The van der Waals surface area contributed by atoms with Crippen molar-refractivity contribution in [2.24, 2.45) is 0 Å². The van der Waals surface area contributed by atoms with Crippen molar-refractivity contribution in [3.05, 3.63) is 47.3 Å². The molecule has 0 bridgehead atoms. The molecule has 108 valence electrons. The second-order valence-corrected chi connectivity index (χ2v) is 4.44. The largest absolute Gasteiger partial charge is 0.383 e. The van der Waals surface area contributed by atoms with Crippen LogP contribution in [0.25, 0.3) is 0 Å². The van der Waals surface area contributed by atoms with Gasteiger partial charge in [0.1, 0.15) is 0 Å². The number of aryl methyl sites for hydroxylation is 1. The van der Waals surface area contributed by atoms with Crippen LogP contribution >= 0.6 is 0 Å². The molecule has 1 aromatic heterocycles. The van der Waals surface area contributed by atoms with Crippen LogP contribution in [0.3, 0.4) is 0 Å². The van der Waals surface area contributed by atoms with Gasteiger partial charge in [-0.1, -0.05) is 5.16 Å². The van der Waals surface area contributed by atoms with Gasteiger partial charge in [0.2, 0.25) is 5.76 Å². The van der Waals surface area contributed by atoms with Crippen molar-refractivity contribution in [1.29, 1.82) is 5.26 Å². The van der Waals surface area contributed by atoms with Gasteiger partial charge < -0.3 is 14.2 Å². The monoisotopic (exact) mass is 285 g/mol. The van der Waals surface area contributed by atoms with E-state index in [4.69, 9.17) is 14.5 Å². The van der Waals surface area contributed by atoms with Crippen molar-refractivity contribution in [2.75, 3.05) is 25.2 Å². The van der Waals surface area contributed by atoms with Crippen LogP contribution in [0.5, 0.6) is 0 Å². The third-order valence-electron chi connectivity index (χ3n) is 2.91. The number of carbonyl (C=O) groups excluding carboxylic acids is 1. The number of aromatic nitrogens is 1. The Bertz CT molecular complexity index is 656. The lowest BCUT2D eigenvalue weighted by Crippen LogP contribution is -2.33. The van der Waals surface area contributed by atoms with E-state index in [9.17, 15) is 4.79 Å². The maximum Gasteiger partial charge on any atom is 0.296 e. The van der Waals surface area contributed by atoms with E-state index in [1.54, 1.807) is 44.4 Å². The SMILES string of the molecule is COCCN(C(=O)c1cc(C)no1)c1ccc(C#N)cc1. The number of amides is 1. The highest BCUT2D eigenvalue weighted by Crippen LogP contribution is 2.18. The van der Waals surface area contributed by atoms with Crippen LogP contribution in [-0.4, -0.2) is 31.3 Å². The van der Waals surface area contributed by atoms with Gasteiger partial charge in [0.25, 0.3) is 5.91 Å². The number of hydrogen-bond acceptors (Lipinski definition) is 5. The fourth-order valence-electron chi connectivity index (χ4n) is 1.84. The number of hydrogen-bond donors (Lipinski definition) is 0. The Morgan fingerprint density at radius 3 is 2.67 bits per heavy atom. The molecule has 0 radical (unpaired) electrons. The quantitative estimate of drug-likeness (QED) is 0.841. The van der Waals surface area contributed by atoms with Gasteiger partial charge in [-0.15, -0.1) is 0 Å². The lowest BCUT2D eigenvalue weighted by atomic mass is 10.2.